The van der Waals surface area contributed by atoms with E-state index in [-0.39, 0.29) is 0 Å². The fourth-order valence-electron chi connectivity index (χ4n) is 2.71. The lowest BCUT2D eigenvalue weighted by atomic mass is 10.1. The number of nitrogens with one attached hydrogen (secondary N) is 2. The summed E-state index contributed by atoms with van der Waals surface area (Å²) in [5, 5.41) is 7.07. The van der Waals surface area contributed by atoms with Crippen LogP contribution >= 0.6 is 12.2 Å². The van der Waals surface area contributed by atoms with Crippen LogP contribution in [0.5, 0.6) is 11.5 Å². The lowest BCUT2D eigenvalue weighted by Gasteiger charge is -2.14. The van der Waals surface area contributed by atoms with Crippen molar-refractivity contribution in [1.29, 1.82) is 0 Å². The lowest BCUT2D eigenvalue weighted by molar-refractivity contribution is 0.395. The molecule has 0 aromatic heterocycles. The molecule has 0 saturated heterocycles. The number of anilines is 1. The van der Waals surface area contributed by atoms with E-state index in [1.54, 1.807) is 14.2 Å². The summed E-state index contributed by atoms with van der Waals surface area (Å²) < 4.78 is 10.6. The first-order valence-corrected chi connectivity index (χ1v) is 9.89. The number of methoxy groups -OCH3 is 2. The minimum atomic E-state index is 0.628. The maximum absolute atomic E-state index is 5.36. The van der Waals surface area contributed by atoms with Gasteiger partial charge in [0.1, 0.15) is 11.5 Å². The molecule has 2 N–H and O–H groups in total. The van der Waals surface area contributed by atoms with Gasteiger partial charge >= 0.3 is 0 Å². The third-order valence-electron chi connectivity index (χ3n) is 4.22. The van der Waals surface area contributed by atoms with Crippen molar-refractivity contribution >= 4 is 23.0 Å². The van der Waals surface area contributed by atoms with Gasteiger partial charge in [-0.2, -0.15) is 0 Å². The molecule has 142 valence electrons. The molecule has 0 aliphatic carbocycles. The van der Waals surface area contributed by atoms with Gasteiger partial charge in [0, 0.05) is 12.6 Å². The topological polar surface area (TPSA) is 42.5 Å². The zero-order valence-electron chi connectivity index (χ0n) is 16.0. The number of hydrogen-bond acceptors (Lipinski definition) is 3. The van der Waals surface area contributed by atoms with E-state index in [9.17, 15) is 0 Å². The van der Waals surface area contributed by atoms with Crippen molar-refractivity contribution in [1.82, 2.24) is 5.32 Å². The van der Waals surface area contributed by atoms with E-state index in [1.165, 1.54) is 51.4 Å². The highest BCUT2D eigenvalue weighted by atomic mass is 32.1. The molecule has 1 aromatic carbocycles. The first kappa shape index (κ1) is 21.6. The highest BCUT2D eigenvalue weighted by molar-refractivity contribution is 7.80. The molecule has 1 rings (SSSR count). The van der Waals surface area contributed by atoms with Crippen LogP contribution in [0.4, 0.5) is 5.69 Å². The summed E-state index contributed by atoms with van der Waals surface area (Å²) >= 11 is 5.36. The minimum absolute atomic E-state index is 0.628. The highest BCUT2D eigenvalue weighted by Gasteiger charge is 2.06. The molecule has 5 heteroatoms. The van der Waals surface area contributed by atoms with Crippen LogP contribution in [0.3, 0.4) is 0 Å². The number of thiocarbonyl (C=S) groups is 1. The van der Waals surface area contributed by atoms with E-state index >= 15 is 0 Å². The summed E-state index contributed by atoms with van der Waals surface area (Å²) in [5.74, 6) is 1.47. The SMILES string of the molecule is CCCCCCCCCCCNC(=S)Nc1ccc(OC)cc1OC. The van der Waals surface area contributed by atoms with Gasteiger partial charge in [-0.3, -0.25) is 0 Å². The molecule has 0 amide bonds. The number of ether oxygens (including phenoxy) is 2. The average molecular weight is 367 g/mol. The normalized spacial score (nSPS) is 10.4. The van der Waals surface area contributed by atoms with Gasteiger partial charge in [0.25, 0.3) is 0 Å². The Morgan fingerprint density at radius 1 is 0.920 bits per heavy atom. The zero-order chi connectivity index (χ0) is 18.3. The summed E-state index contributed by atoms with van der Waals surface area (Å²) in [6, 6.07) is 5.63. The molecular formula is C20H34N2O2S. The van der Waals surface area contributed by atoms with E-state index in [2.05, 4.69) is 17.6 Å². The first-order chi connectivity index (χ1) is 12.2. The summed E-state index contributed by atoms with van der Waals surface area (Å²) in [7, 11) is 3.28. The molecule has 0 atom stereocenters. The van der Waals surface area contributed by atoms with Crippen molar-refractivity contribution < 1.29 is 9.47 Å². The van der Waals surface area contributed by atoms with E-state index in [0.717, 1.165) is 24.4 Å². The standard InChI is InChI=1S/C20H34N2O2S/c1-4-5-6-7-8-9-10-11-12-15-21-20(25)22-18-14-13-17(23-2)16-19(18)24-3/h13-14,16H,4-12,15H2,1-3H3,(H2,21,22,25). The molecular weight excluding hydrogens is 332 g/mol. The van der Waals surface area contributed by atoms with E-state index in [4.69, 9.17) is 21.7 Å². The van der Waals surface area contributed by atoms with Crippen LogP contribution in [0.2, 0.25) is 0 Å². The third kappa shape index (κ3) is 9.54. The van der Waals surface area contributed by atoms with E-state index in [0.29, 0.717) is 10.9 Å². The second-order valence-electron chi connectivity index (χ2n) is 6.28. The van der Waals surface area contributed by atoms with Crippen molar-refractivity contribution in [2.45, 2.75) is 64.7 Å². The summed E-state index contributed by atoms with van der Waals surface area (Å²) in [5.41, 5.74) is 0.841. The minimum Gasteiger partial charge on any atom is -0.497 e. The Labute approximate surface area is 158 Å². The van der Waals surface area contributed by atoms with Crippen LogP contribution in [0.1, 0.15) is 64.7 Å². The maximum Gasteiger partial charge on any atom is 0.170 e. The summed E-state index contributed by atoms with van der Waals surface area (Å²) in [4.78, 5) is 0. The van der Waals surface area contributed by atoms with Crippen LogP contribution < -0.4 is 20.1 Å². The van der Waals surface area contributed by atoms with Gasteiger partial charge in [0.05, 0.1) is 19.9 Å². The Kier molecular flexibility index (Phi) is 11.9. The molecule has 0 heterocycles. The van der Waals surface area contributed by atoms with Gasteiger partial charge in [-0.1, -0.05) is 58.3 Å². The zero-order valence-corrected chi connectivity index (χ0v) is 16.8. The van der Waals surface area contributed by atoms with Gasteiger partial charge in [0.2, 0.25) is 0 Å². The number of benzene rings is 1. The number of unbranched alkanes of at least 4 members (excludes halogenated alkanes) is 8. The molecule has 1 aromatic rings. The smallest absolute Gasteiger partial charge is 0.170 e. The molecule has 0 bridgehead atoms. The van der Waals surface area contributed by atoms with Gasteiger partial charge < -0.3 is 20.1 Å². The van der Waals surface area contributed by atoms with Gasteiger partial charge in [0.15, 0.2) is 5.11 Å². The predicted molar refractivity (Wildman–Crippen MR) is 111 cm³/mol. The Morgan fingerprint density at radius 3 is 2.16 bits per heavy atom. The molecule has 0 spiro atoms. The van der Waals surface area contributed by atoms with Crippen molar-refractivity contribution in [3.05, 3.63) is 18.2 Å². The second kappa shape index (κ2) is 13.8. The average Bonchev–Trinajstić information content (AvgIpc) is 2.63. The van der Waals surface area contributed by atoms with E-state index < -0.39 is 0 Å². The third-order valence-corrected chi connectivity index (χ3v) is 4.47. The summed E-state index contributed by atoms with van der Waals surface area (Å²) in [6.45, 7) is 3.16. The van der Waals surface area contributed by atoms with Crippen LogP contribution in [-0.2, 0) is 0 Å². The van der Waals surface area contributed by atoms with Gasteiger partial charge in [-0.05, 0) is 30.8 Å². The van der Waals surface area contributed by atoms with Crippen LogP contribution in [0.25, 0.3) is 0 Å². The highest BCUT2D eigenvalue weighted by Crippen LogP contribution is 2.28. The van der Waals surface area contributed by atoms with Crippen LogP contribution in [0.15, 0.2) is 18.2 Å². The molecule has 0 unspecified atom stereocenters. The van der Waals surface area contributed by atoms with E-state index in [1.807, 2.05) is 18.2 Å². The molecule has 0 aliphatic heterocycles. The Hall–Kier alpha value is -1.49. The molecule has 0 aliphatic rings. The fourth-order valence-corrected chi connectivity index (χ4v) is 2.92. The molecule has 25 heavy (non-hydrogen) atoms. The molecule has 0 radical (unpaired) electrons. The molecule has 4 nitrogen and oxygen atoms in total. The van der Waals surface area contributed by atoms with Gasteiger partial charge in [-0.25, -0.2) is 0 Å². The fraction of sp³-hybridized carbons (Fsp3) is 0.650. The number of rotatable bonds is 13. The number of hydrogen-bond donors (Lipinski definition) is 2. The lowest BCUT2D eigenvalue weighted by Crippen LogP contribution is -2.29. The maximum atomic E-state index is 5.36. The Morgan fingerprint density at radius 2 is 1.56 bits per heavy atom. The molecule has 0 fully saturated rings. The predicted octanol–water partition coefficient (Wildman–Crippen LogP) is 5.52. The van der Waals surface area contributed by atoms with Crippen molar-refractivity contribution in [3.63, 3.8) is 0 Å². The van der Waals surface area contributed by atoms with Gasteiger partial charge in [-0.15, -0.1) is 0 Å². The van der Waals surface area contributed by atoms with Crippen LogP contribution in [-0.4, -0.2) is 25.9 Å². The Balaban J connectivity index is 2.13. The van der Waals surface area contributed by atoms with Crippen molar-refractivity contribution in [2.24, 2.45) is 0 Å². The molecule has 0 saturated carbocycles. The van der Waals surface area contributed by atoms with Crippen LogP contribution in [0, 0.1) is 0 Å². The Bertz CT molecular complexity index is 495. The first-order valence-electron chi connectivity index (χ1n) is 9.48. The quantitative estimate of drug-likeness (QED) is 0.355. The largest absolute Gasteiger partial charge is 0.497 e. The summed E-state index contributed by atoms with van der Waals surface area (Å²) in [6.07, 6.45) is 12.0. The van der Waals surface area contributed by atoms with Crippen molar-refractivity contribution in [3.8, 4) is 11.5 Å². The van der Waals surface area contributed by atoms with Crippen molar-refractivity contribution in [2.75, 3.05) is 26.1 Å². The monoisotopic (exact) mass is 366 g/mol. The second-order valence-corrected chi connectivity index (χ2v) is 6.68.